The number of nitrogens with zero attached hydrogens (tertiary/aromatic N) is 1. The van der Waals surface area contributed by atoms with E-state index in [9.17, 15) is 0 Å². The molecular weight excluding hydrogens is 599 g/mol. The van der Waals surface area contributed by atoms with Gasteiger partial charge in [-0.25, -0.2) is 0 Å². The predicted molar refractivity (Wildman–Crippen MR) is 209 cm³/mol. The summed E-state index contributed by atoms with van der Waals surface area (Å²) in [6.07, 6.45) is 0. The Morgan fingerprint density at radius 3 is 1.77 bits per heavy atom. The molecule has 10 rings (SSSR count). The fraction of sp³-hybridized carbons (Fsp3) is 0. The Labute approximate surface area is 282 Å². The van der Waals surface area contributed by atoms with E-state index in [1.807, 2.05) is 11.3 Å². The van der Waals surface area contributed by atoms with Crippen molar-refractivity contribution in [2.24, 2.45) is 0 Å². The maximum absolute atomic E-state index is 2.42. The highest BCUT2D eigenvalue weighted by molar-refractivity contribution is 7.25. The fourth-order valence-electron chi connectivity index (χ4n) is 7.46. The average Bonchev–Trinajstić information content (AvgIpc) is 3.52. The average molecular weight is 628 g/mol. The Bertz CT molecular complexity index is 2860. The van der Waals surface area contributed by atoms with Crippen molar-refractivity contribution in [2.45, 2.75) is 0 Å². The molecule has 0 atom stereocenters. The van der Waals surface area contributed by atoms with Crippen LogP contribution in [-0.4, -0.2) is 0 Å². The van der Waals surface area contributed by atoms with Crippen LogP contribution < -0.4 is 4.90 Å². The molecule has 0 saturated heterocycles. The molecule has 0 bridgehead atoms. The van der Waals surface area contributed by atoms with E-state index in [1.54, 1.807) is 0 Å². The second-order valence-corrected chi connectivity index (χ2v) is 13.7. The first kappa shape index (κ1) is 27.2. The van der Waals surface area contributed by atoms with Crippen LogP contribution in [0, 0.1) is 0 Å². The van der Waals surface area contributed by atoms with E-state index in [1.165, 1.54) is 74.4 Å². The number of rotatable bonds is 4. The van der Waals surface area contributed by atoms with Crippen LogP contribution in [0.3, 0.4) is 0 Å². The lowest BCUT2D eigenvalue weighted by Gasteiger charge is -2.26. The summed E-state index contributed by atoms with van der Waals surface area (Å²) in [5.41, 5.74) is 5.93. The predicted octanol–water partition coefficient (Wildman–Crippen LogP) is 13.8. The number of hydrogen-bond acceptors (Lipinski definition) is 2. The van der Waals surface area contributed by atoms with Crippen LogP contribution in [0.15, 0.2) is 176 Å². The number of thiophene rings is 1. The van der Waals surface area contributed by atoms with E-state index in [4.69, 9.17) is 0 Å². The van der Waals surface area contributed by atoms with Gasteiger partial charge < -0.3 is 4.90 Å². The van der Waals surface area contributed by atoms with Gasteiger partial charge in [-0.05, 0) is 109 Å². The minimum atomic E-state index is 1.14. The molecule has 0 saturated carbocycles. The topological polar surface area (TPSA) is 3.24 Å². The Kier molecular flexibility index (Phi) is 6.12. The summed E-state index contributed by atoms with van der Waals surface area (Å²) in [6.45, 7) is 0. The quantitative estimate of drug-likeness (QED) is 0.176. The largest absolute Gasteiger partial charge is 0.310 e. The SMILES string of the molecule is c1ccc2c(-c3ccc4cc(N(c5ccc6c(ccc7ccccc76)c5)c5ccc6sc7ccccc7c6c5)ccc4c3)cccc2c1. The van der Waals surface area contributed by atoms with Crippen molar-refractivity contribution in [1.29, 1.82) is 0 Å². The first-order valence-electron chi connectivity index (χ1n) is 16.4. The van der Waals surface area contributed by atoms with Crippen molar-refractivity contribution in [3.05, 3.63) is 176 Å². The molecule has 0 aliphatic heterocycles. The van der Waals surface area contributed by atoms with Gasteiger partial charge in [0.2, 0.25) is 0 Å². The molecule has 0 fully saturated rings. The van der Waals surface area contributed by atoms with Crippen LogP contribution in [0.25, 0.3) is 74.4 Å². The molecule has 9 aromatic carbocycles. The molecule has 2 heteroatoms. The van der Waals surface area contributed by atoms with Crippen molar-refractivity contribution in [3.8, 4) is 11.1 Å². The Morgan fingerprint density at radius 1 is 0.312 bits per heavy atom. The van der Waals surface area contributed by atoms with E-state index in [0.717, 1.165) is 17.1 Å². The monoisotopic (exact) mass is 627 g/mol. The highest BCUT2D eigenvalue weighted by Crippen LogP contribution is 2.42. The third kappa shape index (κ3) is 4.38. The van der Waals surface area contributed by atoms with Gasteiger partial charge in [-0.2, -0.15) is 0 Å². The van der Waals surface area contributed by atoms with Crippen molar-refractivity contribution < 1.29 is 0 Å². The van der Waals surface area contributed by atoms with E-state index in [2.05, 4.69) is 181 Å². The number of benzene rings is 9. The minimum absolute atomic E-state index is 1.14. The van der Waals surface area contributed by atoms with Gasteiger partial charge in [0, 0.05) is 37.2 Å². The summed E-state index contributed by atoms with van der Waals surface area (Å²) in [7, 11) is 0. The van der Waals surface area contributed by atoms with E-state index >= 15 is 0 Å². The zero-order valence-corrected chi connectivity index (χ0v) is 26.9. The highest BCUT2D eigenvalue weighted by Gasteiger charge is 2.17. The van der Waals surface area contributed by atoms with Gasteiger partial charge in [0.25, 0.3) is 0 Å². The molecule has 0 amide bonds. The van der Waals surface area contributed by atoms with E-state index in [0.29, 0.717) is 0 Å². The third-order valence-electron chi connectivity index (χ3n) is 9.79. The van der Waals surface area contributed by atoms with Gasteiger partial charge in [-0.1, -0.05) is 121 Å². The maximum atomic E-state index is 2.42. The van der Waals surface area contributed by atoms with Crippen LogP contribution in [0.2, 0.25) is 0 Å². The van der Waals surface area contributed by atoms with Gasteiger partial charge >= 0.3 is 0 Å². The summed E-state index contributed by atoms with van der Waals surface area (Å²) in [5.74, 6) is 0. The summed E-state index contributed by atoms with van der Waals surface area (Å²) in [6, 6.07) is 64.7. The summed E-state index contributed by atoms with van der Waals surface area (Å²) in [5, 5.41) is 12.7. The molecule has 0 spiro atoms. The second kappa shape index (κ2) is 10.8. The molecule has 224 valence electrons. The molecule has 48 heavy (non-hydrogen) atoms. The molecule has 0 aliphatic carbocycles. The zero-order valence-electron chi connectivity index (χ0n) is 26.1. The normalized spacial score (nSPS) is 11.8. The first-order chi connectivity index (χ1) is 23.8. The summed E-state index contributed by atoms with van der Waals surface area (Å²) >= 11 is 1.86. The number of fused-ring (bicyclic) bond motifs is 8. The highest BCUT2D eigenvalue weighted by atomic mass is 32.1. The minimum Gasteiger partial charge on any atom is -0.310 e. The molecule has 0 N–H and O–H groups in total. The molecule has 0 aliphatic rings. The second-order valence-electron chi connectivity index (χ2n) is 12.6. The lowest BCUT2D eigenvalue weighted by Crippen LogP contribution is -2.09. The number of anilines is 3. The van der Waals surface area contributed by atoms with Gasteiger partial charge in [-0.15, -0.1) is 11.3 Å². The maximum Gasteiger partial charge on any atom is 0.0468 e. The van der Waals surface area contributed by atoms with Gasteiger partial charge in [0.15, 0.2) is 0 Å². The molecule has 0 unspecified atom stereocenters. The standard InChI is InChI=1S/C46H29NS/c1-3-11-39-30(8-1)10-7-14-41(39)34-19-17-33-27-36(21-20-32(33)26-34)47(38-23-25-46-44(29-38)43-13-5-6-15-45(43)48-46)37-22-24-42-35(28-37)18-16-31-9-2-4-12-40(31)42/h1-29H. The lowest BCUT2D eigenvalue weighted by molar-refractivity contribution is 1.30. The van der Waals surface area contributed by atoms with E-state index in [-0.39, 0.29) is 0 Å². The first-order valence-corrected chi connectivity index (χ1v) is 17.2. The Morgan fingerprint density at radius 2 is 0.875 bits per heavy atom. The molecule has 1 nitrogen and oxygen atoms in total. The summed E-state index contributed by atoms with van der Waals surface area (Å²) < 4.78 is 2.63. The zero-order chi connectivity index (χ0) is 31.6. The van der Waals surface area contributed by atoms with Crippen LogP contribution in [0.5, 0.6) is 0 Å². The smallest absolute Gasteiger partial charge is 0.0468 e. The van der Waals surface area contributed by atoms with Crippen LogP contribution in [0.4, 0.5) is 17.1 Å². The molecular formula is C46H29NS. The van der Waals surface area contributed by atoms with Crippen LogP contribution in [-0.2, 0) is 0 Å². The molecule has 0 radical (unpaired) electrons. The van der Waals surface area contributed by atoms with Crippen molar-refractivity contribution >= 4 is 91.7 Å². The van der Waals surface area contributed by atoms with Gasteiger partial charge in [0.1, 0.15) is 0 Å². The lowest BCUT2D eigenvalue weighted by atomic mass is 9.96. The van der Waals surface area contributed by atoms with Crippen molar-refractivity contribution in [1.82, 2.24) is 0 Å². The fourth-order valence-corrected chi connectivity index (χ4v) is 8.54. The molecule has 1 aromatic heterocycles. The van der Waals surface area contributed by atoms with E-state index < -0.39 is 0 Å². The third-order valence-corrected chi connectivity index (χ3v) is 10.9. The van der Waals surface area contributed by atoms with Gasteiger partial charge in [0.05, 0.1) is 0 Å². The van der Waals surface area contributed by atoms with Crippen LogP contribution in [0.1, 0.15) is 0 Å². The van der Waals surface area contributed by atoms with Crippen LogP contribution >= 0.6 is 11.3 Å². The Balaban J connectivity index is 1.15. The molecule has 1 heterocycles. The molecule has 10 aromatic rings. The van der Waals surface area contributed by atoms with Crippen molar-refractivity contribution in [2.75, 3.05) is 4.90 Å². The van der Waals surface area contributed by atoms with Crippen molar-refractivity contribution in [3.63, 3.8) is 0 Å². The van der Waals surface area contributed by atoms with Gasteiger partial charge in [-0.3, -0.25) is 0 Å². The number of hydrogen-bond donors (Lipinski definition) is 0. The summed E-state index contributed by atoms with van der Waals surface area (Å²) in [4.78, 5) is 2.42. The Hall–Kier alpha value is -5.96.